The first-order valence-electron chi connectivity index (χ1n) is 9.45. The fourth-order valence-corrected chi connectivity index (χ4v) is 3.73. The lowest BCUT2D eigenvalue weighted by Crippen LogP contribution is -2.33. The Morgan fingerprint density at radius 3 is 2.77 bits per heavy atom. The van der Waals surface area contributed by atoms with E-state index in [0.29, 0.717) is 34.3 Å². The van der Waals surface area contributed by atoms with Gasteiger partial charge in [-0.15, -0.1) is 0 Å². The van der Waals surface area contributed by atoms with Crippen molar-refractivity contribution in [2.24, 2.45) is 0 Å². The van der Waals surface area contributed by atoms with Gasteiger partial charge in [0.2, 0.25) is 5.88 Å². The molecule has 0 spiro atoms. The zero-order chi connectivity index (χ0) is 21.3. The van der Waals surface area contributed by atoms with Gasteiger partial charge in [-0.25, -0.2) is 9.37 Å². The molecule has 0 radical (unpaired) electrons. The van der Waals surface area contributed by atoms with Crippen LogP contribution in [0.25, 0.3) is 0 Å². The molecule has 1 unspecified atom stereocenters. The van der Waals surface area contributed by atoms with Gasteiger partial charge in [0.25, 0.3) is 5.91 Å². The number of carbonyl (C=O) groups is 1. The number of rotatable bonds is 6. The SMILES string of the molecule is COc1ccc(C(COc2cccc(C)n2)N2Cc3ccc(Cl)cc3C2=O)c(F)c1. The molecule has 5 nitrogen and oxygen atoms in total. The fourth-order valence-electron chi connectivity index (χ4n) is 3.56. The number of pyridine rings is 1. The van der Waals surface area contributed by atoms with Crippen molar-refractivity contribution in [3.8, 4) is 11.6 Å². The number of aryl methyl sites for hydroxylation is 1. The smallest absolute Gasteiger partial charge is 0.255 e. The molecule has 2 aromatic carbocycles. The first-order chi connectivity index (χ1) is 14.5. The molecule has 1 amide bonds. The third-order valence-electron chi connectivity index (χ3n) is 5.10. The van der Waals surface area contributed by atoms with E-state index in [9.17, 15) is 9.18 Å². The van der Waals surface area contributed by atoms with Crippen molar-refractivity contribution in [2.75, 3.05) is 13.7 Å². The molecule has 0 aliphatic carbocycles. The van der Waals surface area contributed by atoms with E-state index in [4.69, 9.17) is 21.1 Å². The van der Waals surface area contributed by atoms with Crippen LogP contribution in [0.3, 0.4) is 0 Å². The van der Waals surface area contributed by atoms with Gasteiger partial charge in [0.15, 0.2) is 0 Å². The minimum absolute atomic E-state index is 0.0488. The van der Waals surface area contributed by atoms with Crippen LogP contribution in [0.1, 0.15) is 33.2 Å². The Morgan fingerprint density at radius 2 is 2.03 bits per heavy atom. The summed E-state index contributed by atoms with van der Waals surface area (Å²) in [6.45, 7) is 2.25. The quantitative estimate of drug-likeness (QED) is 0.558. The minimum atomic E-state index is -0.656. The number of nitrogens with zero attached hydrogens (tertiary/aromatic N) is 2. The summed E-state index contributed by atoms with van der Waals surface area (Å²) in [5.41, 5.74) is 2.52. The van der Waals surface area contributed by atoms with E-state index in [1.165, 1.54) is 13.2 Å². The number of fused-ring (bicyclic) bond motifs is 1. The Bertz CT molecular complexity index is 1110. The highest BCUT2D eigenvalue weighted by Gasteiger charge is 2.35. The molecule has 1 aromatic heterocycles. The molecule has 3 aromatic rings. The van der Waals surface area contributed by atoms with Gasteiger partial charge in [-0.05, 0) is 36.8 Å². The number of hydrogen-bond donors (Lipinski definition) is 0. The monoisotopic (exact) mass is 426 g/mol. The van der Waals surface area contributed by atoms with Gasteiger partial charge in [-0.2, -0.15) is 0 Å². The van der Waals surface area contributed by atoms with Crippen molar-refractivity contribution in [3.05, 3.63) is 87.8 Å². The molecule has 0 bridgehead atoms. The van der Waals surface area contributed by atoms with Crippen LogP contribution >= 0.6 is 11.6 Å². The van der Waals surface area contributed by atoms with E-state index < -0.39 is 11.9 Å². The summed E-state index contributed by atoms with van der Waals surface area (Å²) >= 11 is 6.07. The van der Waals surface area contributed by atoms with Gasteiger partial charge < -0.3 is 14.4 Å². The van der Waals surface area contributed by atoms with Crippen molar-refractivity contribution < 1.29 is 18.7 Å². The Hall–Kier alpha value is -3.12. The second kappa shape index (κ2) is 8.32. The lowest BCUT2D eigenvalue weighted by atomic mass is 10.0. The summed E-state index contributed by atoms with van der Waals surface area (Å²) < 4.78 is 25.9. The van der Waals surface area contributed by atoms with E-state index in [1.54, 1.807) is 35.2 Å². The molecular weight excluding hydrogens is 407 g/mol. The third-order valence-corrected chi connectivity index (χ3v) is 5.33. The number of aromatic nitrogens is 1. The number of benzene rings is 2. The lowest BCUT2D eigenvalue weighted by molar-refractivity contribution is 0.0627. The summed E-state index contributed by atoms with van der Waals surface area (Å²) in [5, 5.41) is 0.483. The van der Waals surface area contributed by atoms with Crippen molar-refractivity contribution >= 4 is 17.5 Å². The van der Waals surface area contributed by atoms with E-state index in [2.05, 4.69) is 4.98 Å². The summed E-state index contributed by atoms with van der Waals surface area (Å²) in [4.78, 5) is 19.0. The van der Waals surface area contributed by atoms with Crippen LogP contribution < -0.4 is 9.47 Å². The molecule has 0 N–H and O–H groups in total. The van der Waals surface area contributed by atoms with Gasteiger partial charge >= 0.3 is 0 Å². The Labute approximate surface area is 179 Å². The number of carbonyl (C=O) groups excluding carboxylic acids is 1. The van der Waals surface area contributed by atoms with Crippen LogP contribution in [0.4, 0.5) is 4.39 Å². The molecular formula is C23H20ClFN2O3. The second-order valence-corrected chi connectivity index (χ2v) is 7.50. The highest BCUT2D eigenvalue weighted by Crippen LogP contribution is 2.35. The maximum Gasteiger partial charge on any atom is 0.255 e. The molecule has 0 saturated heterocycles. The van der Waals surface area contributed by atoms with Gasteiger partial charge in [0.1, 0.15) is 18.2 Å². The maximum absolute atomic E-state index is 14.9. The Kier molecular flexibility index (Phi) is 5.59. The average molecular weight is 427 g/mol. The molecule has 1 atom stereocenters. The average Bonchev–Trinajstić information content (AvgIpc) is 3.05. The van der Waals surface area contributed by atoms with Crippen LogP contribution in [0.15, 0.2) is 54.6 Å². The van der Waals surface area contributed by atoms with Crippen molar-refractivity contribution in [2.45, 2.75) is 19.5 Å². The number of amides is 1. The fraction of sp³-hybridized carbons (Fsp3) is 0.217. The van der Waals surface area contributed by atoms with Crippen LogP contribution in [0.5, 0.6) is 11.6 Å². The van der Waals surface area contributed by atoms with E-state index in [0.717, 1.165) is 11.3 Å². The highest BCUT2D eigenvalue weighted by molar-refractivity contribution is 6.31. The van der Waals surface area contributed by atoms with Crippen LogP contribution in [-0.4, -0.2) is 29.5 Å². The molecule has 0 saturated carbocycles. The maximum atomic E-state index is 14.9. The number of ether oxygens (including phenoxy) is 2. The van der Waals surface area contributed by atoms with Crippen molar-refractivity contribution in [1.82, 2.24) is 9.88 Å². The summed E-state index contributed by atoms with van der Waals surface area (Å²) in [5.74, 6) is 0.135. The van der Waals surface area contributed by atoms with E-state index in [-0.39, 0.29) is 12.5 Å². The normalized spacial score (nSPS) is 13.9. The van der Waals surface area contributed by atoms with Gasteiger partial charge in [0, 0.05) is 40.5 Å². The number of methoxy groups -OCH3 is 1. The predicted molar refractivity (Wildman–Crippen MR) is 111 cm³/mol. The largest absolute Gasteiger partial charge is 0.497 e. The molecule has 1 aliphatic rings. The lowest BCUT2D eigenvalue weighted by Gasteiger charge is -2.28. The standard InChI is InChI=1S/C23H20ClFN2O3/c1-14-4-3-5-22(26-14)30-13-21(18-9-8-17(29-2)11-20(18)25)27-12-15-6-7-16(24)10-19(15)23(27)28/h3-11,21H,12-13H2,1-2H3. The highest BCUT2D eigenvalue weighted by atomic mass is 35.5. The molecule has 2 heterocycles. The van der Waals surface area contributed by atoms with Crippen molar-refractivity contribution in [3.63, 3.8) is 0 Å². The summed E-state index contributed by atoms with van der Waals surface area (Å²) in [7, 11) is 1.48. The molecule has 0 fully saturated rings. The molecule has 30 heavy (non-hydrogen) atoms. The number of halogens is 2. The van der Waals surface area contributed by atoms with E-state index in [1.807, 2.05) is 25.1 Å². The van der Waals surface area contributed by atoms with Gasteiger partial charge in [-0.1, -0.05) is 29.8 Å². The first-order valence-corrected chi connectivity index (χ1v) is 9.83. The first kappa shape index (κ1) is 20.2. The predicted octanol–water partition coefficient (Wildman–Crippen LogP) is 4.97. The topological polar surface area (TPSA) is 51.7 Å². The molecule has 7 heteroatoms. The van der Waals surface area contributed by atoms with E-state index >= 15 is 0 Å². The van der Waals surface area contributed by atoms with Crippen LogP contribution in [0, 0.1) is 12.7 Å². The van der Waals surface area contributed by atoms with Gasteiger partial charge in [-0.3, -0.25) is 4.79 Å². The zero-order valence-corrected chi connectivity index (χ0v) is 17.3. The third kappa shape index (κ3) is 3.96. The number of hydrogen-bond acceptors (Lipinski definition) is 4. The molecule has 1 aliphatic heterocycles. The summed E-state index contributed by atoms with van der Waals surface area (Å²) in [6.07, 6.45) is 0. The molecule has 154 valence electrons. The van der Waals surface area contributed by atoms with Crippen LogP contribution in [-0.2, 0) is 6.54 Å². The minimum Gasteiger partial charge on any atom is -0.497 e. The van der Waals surface area contributed by atoms with Gasteiger partial charge in [0.05, 0.1) is 13.2 Å². The summed E-state index contributed by atoms with van der Waals surface area (Å²) in [6, 6.07) is 14.6. The Morgan fingerprint density at radius 1 is 1.20 bits per heavy atom. The molecule has 4 rings (SSSR count). The van der Waals surface area contributed by atoms with Crippen molar-refractivity contribution in [1.29, 1.82) is 0 Å². The zero-order valence-electron chi connectivity index (χ0n) is 16.6. The second-order valence-electron chi connectivity index (χ2n) is 7.07. The Balaban J connectivity index is 1.68. The van der Waals surface area contributed by atoms with Crippen LogP contribution in [0.2, 0.25) is 5.02 Å².